The van der Waals surface area contributed by atoms with Crippen LogP contribution in [0.3, 0.4) is 0 Å². The lowest BCUT2D eigenvalue weighted by atomic mass is 10.0. The second kappa shape index (κ2) is 10.2. The number of hydrogen-bond donors (Lipinski definition) is 0. The summed E-state index contributed by atoms with van der Waals surface area (Å²) in [7, 11) is 1.60. The summed E-state index contributed by atoms with van der Waals surface area (Å²) in [6.45, 7) is 7.79. The molecule has 0 radical (unpaired) electrons. The number of nitrogens with zero attached hydrogens (tertiary/aromatic N) is 1. The Morgan fingerprint density at radius 2 is 1.68 bits per heavy atom. The molecule has 0 saturated carbocycles. The lowest BCUT2D eigenvalue weighted by Crippen LogP contribution is -2.10. The maximum Gasteiger partial charge on any atom is 0.226 e. The van der Waals surface area contributed by atoms with Gasteiger partial charge in [0.15, 0.2) is 17.3 Å². The smallest absolute Gasteiger partial charge is 0.226 e. The molecule has 0 unspecified atom stereocenters. The van der Waals surface area contributed by atoms with Crippen molar-refractivity contribution in [1.82, 2.24) is 4.98 Å². The fourth-order valence-electron chi connectivity index (χ4n) is 3.14. The number of ketones is 1. The van der Waals surface area contributed by atoms with Crippen molar-refractivity contribution in [3.05, 3.63) is 60.0 Å². The molecule has 0 aliphatic heterocycles. The third-order valence-electron chi connectivity index (χ3n) is 4.48. The molecule has 0 aliphatic carbocycles. The highest BCUT2D eigenvalue weighted by Gasteiger charge is 2.16. The van der Waals surface area contributed by atoms with Gasteiger partial charge in [-0.3, -0.25) is 4.79 Å². The van der Waals surface area contributed by atoms with Crippen molar-refractivity contribution < 1.29 is 23.4 Å². The van der Waals surface area contributed by atoms with Crippen molar-refractivity contribution in [1.29, 1.82) is 0 Å². The molecule has 6 heteroatoms. The highest BCUT2D eigenvalue weighted by atomic mass is 16.5. The molecule has 1 heterocycles. The molecule has 3 aromatic rings. The second-order valence-corrected chi connectivity index (χ2v) is 7.76. The Bertz CT molecular complexity index is 1020. The summed E-state index contributed by atoms with van der Waals surface area (Å²) < 4.78 is 22.6. The lowest BCUT2D eigenvalue weighted by molar-refractivity contribution is 0.0976. The summed E-state index contributed by atoms with van der Waals surface area (Å²) in [6.07, 6.45) is 2.39. The summed E-state index contributed by atoms with van der Waals surface area (Å²) in [4.78, 5) is 17.3. The van der Waals surface area contributed by atoms with Gasteiger partial charge in [0, 0.05) is 18.4 Å². The normalized spacial score (nSPS) is 11.1. The maximum atomic E-state index is 12.7. The van der Waals surface area contributed by atoms with E-state index in [1.165, 1.54) is 0 Å². The Kier molecular flexibility index (Phi) is 7.34. The Labute approximate surface area is 183 Å². The van der Waals surface area contributed by atoms with Crippen LogP contribution >= 0.6 is 0 Å². The average molecular weight is 424 g/mol. The number of hydrogen-bond acceptors (Lipinski definition) is 6. The van der Waals surface area contributed by atoms with E-state index in [9.17, 15) is 4.79 Å². The fourth-order valence-corrected chi connectivity index (χ4v) is 3.14. The molecule has 164 valence electrons. The molecular weight excluding hydrogens is 394 g/mol. The number of carbonyl (C=O) groups is 1. The molecule has 0 spiro atoms. The molecule has 3 rings (SSSR count). The Hall–Kier alpha value is -3.28. The highest BCUT2D eigenvalue weighted by molar-refractivity contribution is 5.98. The quantitative estimate of drug-likeness (QED) is 0.387. The average Bonchev–Trinajstić information content (AvgIpc) is 3.20. The summed E-state index contributed by atoms with van der Waals surface area (Å²) in [5, 5.41) is 0. The van der Waals surface area contributed by atoms with E-state index < -0.39 is 0 Å². The number of ether oxygens (including phenoxy) is 3. The maximum absolute atomic E-state index is 12.7. The van der Waals surface area contributed by atoms with Crippen molar-refractivity contribution in [2.75, 3.05) is 7.11 Å². The Morgan fingerprint density at radius 3 is 2.39 bits per heavy atom. The van der Waals surface area contributed by atoms with E-state index in [-0.39, 0.29) is 18.0 Å². The molecule has 0 saturated heterocycles. The van der Waals surface area contributed by atoms with Gasteiger partial charge >= 0.3 is 0 Å². The van der Waals surface area contributed by atoms with Gasteiger partial charge in [0.1, 0.15) is 12.0 Å². The standard InChI is InChI=1S/C25H29NO5/c1-16(2)30-22-9-7-6-8-20(22)21(27)12-11-19-15-29-25(26-19)18-10-13-23(28-5)24(14-18)31-17(3)4/h6-10,13-17H,11-12H2,1-5H3. The molecule has 0 atom stereocenters. The van der Waals surface area contributed by atoms with E-state index >= 15 is 0 Å². The summed E-state index contributed by atoms with van der Waals surface area (Å²) in [5.41, 5.74) is 2.09. The van der Waals surface area contributed by atoms with Crippen molar-refractivity contribution in [2.45, 2.75) is 52.7 Å². The van der Waals surface area contributed by atoms with Gasteiger partial charge in [-0.15, -0.1) is 0 Å². The summed E-state index contributed by atoms with van der Waals surface area (Å²) >= 11 is 0. The molecule has 0 amide bonds. The van der Waals surface area contributed by atoms with Gasteiger partial charge in [0.2, 0.25) is 5.89 Å². The number of benzene rings is 2. The van der Waals surface area contributed by atoms with Crippen molar-refractivity contribution >= 4 is 5.78 Å². The van der Waals surface area contributed by atoms with Gasteiger partial charge < -0.3 is 18.6 Å². The van der Waals surface area contributed by atoms with Crippen LogP contribution in [-0.2, 0) is 6.42 Å². The number of Topliss-reactive ketones (excluding diaryl/α,β-unsaturated/α-hetero) is 1. The lowest BCUT2D eigenvalue weighted by Gasteiger charge is -2.14. The van der Waals surface area contributed by atoms with Crippen LogP contribution in [0.25, 0.3) is 11.5 Å². The highest BCUT2D eigenvalue weighted by Crippen LogP contribution is 2.33. The van der Waals surface area contributed by atoms with Crippen molar-refractivity contribution in [3.63, 3.8) is 0 Å². The van der Waals surface area contributed by atoms with Crippen LogP contribution in [0.1, 0.15) is 50.2 Å². The van der Waals surface area contributed by atoms with E-state index in [2.05, 4.69) is 4.98 Å². The van der Waals surface area contributed by atoms with Crippen molar-refractivity contribution in [3.8, 4) is 28.7 Å². The topological polar surface area (TPSA) is 70.8 Å². The van der Waals surface area contributed by atoms with Crippen LogP contribution in [-0.4, -0.2) is 30.1 Å². The first-order valence-corrected chi connectivity index (χ1v) is 10.5. The first kappa shape index (κ1) is 22.4. The predicted molar refractivity (Wildman–Crippen MR) is 119 cm³/mol. The summed E-state index contributed by atoms with van der Waals surface area (Å²) in [6, 6.07) is 12.9. The molecule has 0 bridgehead atoms. The van der Waals surface area contributed by atoms with Crippen LogP contribution in [0.2, 0.25) is 0 Å². The fraction of sp³-hybridized carbons (Fsp3) is 0.360. The molecule has 0 N–H and O–H groups in total. The first-order valence-electron chi connectivity index (χ1n) is 10.5. The van der Waals surface area contributed by atoms with Gasteiger partial charge in [-0.1, -0.05) is 12.1 Å². The minimum Gasteiger partial charge on any atom is -0.493 e. The number of carbonyl (C=O) groups excluding carboxylic acids is 1. The van der Waals surface area contributed by atoms with E-state index in [1.54, 1.807) is 19.4 Å². The number of oxazole rings is 1. The monoisotopic (exact) mass is 423 g/mol. The number of para-hydroxylation sites is 1. The van der Waals surface area contributed by atoms with E-state index in [4.69, 9.17) is 18.6 Å². The van der Waals surface area contributed by atoms with Crippen LogP contribution in [0.15, 0.2) is 53.1 Å². The number of aromatic nitrogens is 1. The van der Waals surface area contributed by atoms with Crippen LogP contribution in [0.5, 0.6) is 17.2 Å². The molecule has 6 nitrogen and oxygen atoms in total. The summed E-state index contributed by atoms with van der Waals surface area (Å²) in [5.74, 6) is 2.38. The number of rotatable bonds is 10. The Balaban J connectivity index is 1.70. The predicted octanol–water partition coefficient (Wildman–Crippen LogP) is 5.74. The zero-order valence-corrected chi connectivity index (χ0v) is 18.7. The minimum atomic E-state index is 0.00103. The van der Waals surface area contributed by atoms with Gasteiger partial charge in [-0.05, 0) is 58.0 Å². The van der Waals surface area contributed by atoms with Crippen molar-refractivity contribution in [2.24, 2.45) is 0 Å². The van der Waals surface area contributed by atoms with Gasteiger partial charge in [0.05, 0.1) is 30.6 Å². The number of aryl methyl sites for hydroxylation is 1. The molecule has 1 aromatic heterocycles. The molecule has 2 aromatic carbocycles. The largest absolute Gasteiger partial charge is 0.493 e. The second-order valence-electron chi connectivity index (χ2n) is 7.76. The van der Waals surface area contributed by atoms with Gasteiger partial charge in [-0.2, -0.15) is 0 Å². The van der Waals surface area contributed by atoms with E-state index in [1.807, 2.05) is 64.1 Å². The zero-order chi connectivity index (χ0) is 22.4. The zero-order valence-electron chi connectivity index (χ0n) is 18.7. The minimum absolute atomic E-state index is 0.00103. The van der Waals surface area contributed by atoms with Crippen LogP contribution in [0.4, 0.5) is 0 Å². The van der Waals surface area contributed by atoms with Gasteiger partial charge in [-0.25, -0.2) is 4.98 Å². The molecular formula is C25H29NO5. The van der Waals surface area contributed by atoms with Crippen LogP contribution < -0.4 is 14.2 Å². The third kappa shape index (κ3) is 5.87. The molecule has 0 aliphatic rings. The molecule has 0 fully saturated rings. The number of methoxy groups -OCH3 is 1. The van der Waals surface area contributed by atoms with E-state index in [0.29, 0.717) is 47.2 Å². The first-order chi connectivity index (χ1) is 14.9. The Morgan fingerprint density at radius 1 is 0.968 bits per heavy atom. The van der Waals surface area contributed by atoms with Gasteiger partial charge in [0.25, 0.3) is 0 Å². The van der Waals surface area contributed by atoms with E-state index in [0.717, 1.165) is 5.56 Å². The third-order valence-corrected chi connectivity index (χ3v) is 4.48. The van der Waals surface area contributed by atoms with Crippen LogP contribution in [0, 0.1) is 0 Å². The molecule has 31 heavy (non-hydrogen) atoms. The SMILES string of the molecule is COc1ccc(-c2nc(CCC(=O)c3ccccc3OC(C)C)co2)cc1OC(C)C.